The number of amides is 2. The predicted octanol–water partition coefficient (Wildman–Crippen LogP) is 2.27. The second-order valence-corrected chi connectivity index (χ2v) is 7.42. The molecule has 1 aliphatic carbocycles. The fourth-order valence-electron chi connectivity index (χ4n) is 2.98. The highest BCUT2D eigenvalue weighted by molar-refractivity contribution is 6.30. The Morgan fingerprint density at radius 2 is 1.87 bits per heavy atom. The minimum Gasteiger partial charge on any atom is -0.484 e. The fraction of sp³-hybridized carbons (Fsp3) is 0.556. The van der Waals surface area contributed by atoms with Crippen molar-refractivity contribution in [3.8, 4) is 5.75 Å². The largest absolute Gasteiger partial charge is 0.522 e. The van der Waals surface area contributed by atoms with Gasteiger partial charge in [-0.3, -0.25) is 14.3 Å². The van der Waals surface area contributed by atoms with Crippen molar-refractivity contribution in [1.82, 2.24) is 10.2 Å². The van der Waals surface area contributed by atoms with Gasteiger partial charge in [0.25, 0.3) is 5.91 Å². The Morgan fingerprint density at radius 3 is 2.50 bits per heavy atom. The van der Waals surface area contributed by atoms with Crippen molar-refractivity contribution >= 4 is 23.4 Å². The monoisotopic (exact) mass is 454 g/mol. The van der Waals surface area contributed by atoms with Gasteiger partial charge in [-0.15, -0.1) is 13.2 Å². The number of benzene rings is 1. The summed E-state index contributed by atoms with van der Waals surface area (Å²) in [7, 11) is 0. The van der Waals surface area contributed by atoms with Gasteiger partial charge in [-0.2, -0.15) is 0 Å². The van der Waals surface area contributed by atoms with Gasteiger partial charge in [-0.1, -0.05) is 11.6 Å². The first-order valence-electron chi connectivity index (χ1n) is 9.10. The molecule has 0 aromatic heterocycles. The zero-order valence-electron chi connectivity index (χ0n) is 15.6. The Balaban J connectivity index is 1.26. The second-order valence-electron chi connectivity index (χ2n) is 7.02. The zero-order chi connectivity index (χ0) is 21.9. The van der Waals surface area contributed by atoms with E-state index in [1.807, 2.05) is 0 Å². The van der Waals surface area contributed by atoms with Crippen molar-refractivity contribution in [3.05, 3.63) is 29.0 Å². The van der Waals surface area contributed by atoms with Crippen LogP contribution in [0.25, 0.3) is 0 Å². The van der Waals surface area contributed by atoms with Crippen LogP contribution in [0.1, 0.15) is 12.8 Å². The molecule has 7 nitrogen and oxygen atoms in total. The summed E-state index contributed by atoms with van der Waals surface area (Å²) in [5.41, 5.74) is 0. The highest BCUT2D eigenvalue weighted by Gasteiger charge is 2.41. The van der Waals surface area contributed by atoms with Gasteiger partial charge in [-0.05, 0) is 12.1 Å². The van der Waals surface area contributed by atoms with E-state index in [9.17, 15) is 27.2 Å². The van der Waals surface area contributed by atoms with E-state index in [0.717, 1.165) is 6.07 Å². The number of likely N-dealkylation sites (tertiary alicyclic amines) is 1. The van der Waals surface area contributed by atoms with Crippen molar-refractivity contribution in [1.29, 1.82) is 0 Å². The van der Waals surface area contributed by atoms with Gasteiger partial charge in [0, 0.05) is 32.0 Å². The third-order valence-corrected chi connectivity index (χ3v) is 4.96. The van der Waals surface area contributed by atoms with Crippen LogP contribution in [0.15, 0.2) is 18.2 Å². The third kappa shape index (κ3) is 6.44. The van der Waals surface area contributed by atoms with Gasteiger partial charge >= 0.3 is 6.36 Å². The summed E-state index contributed by atoms with van der Waals surface area (Å²) in [6.07, 6.45) is -5.86. The Labute approximate surface area is 174 Å². The highest BCUT2D eigenvalue weighted by Crippen LogP contribution is 2.32. The van der Waals surface area contributed by atoms with Crippen LogP contribution >= 0.6 is 11.6 Å². The summed E-state index contributed by atoms with van der Waals surface area (Å²) in [6.45, 7) is 0.00868. The van der Waals surface area contributed by atoms with E-state index in [0.29, 0.717) is 0 Å². The number of hydrogen-bond acceptors (Lipinski definition) is 5. The molecule has 1 saturated carbocycles. The number of carbonyl (C=O) groups excluding carboxylic acids is 2. The lowest BCUT2D eigenvalue weighted by Gasteiger charge is -2.40. The van der Waals surface area contributed by atoms with E-state index >= 15 is 0 Å². The standard InChI is InChI=1S/C18H19ClF4N2O5/c19-14-2-1-11(5-15(14)20)28-8-16(26)24-10-6-25(7-10)17(27)9-29-12-3-13(4-12)30-18(21,22)23/h1-2,5,10,12-13H,3-4,6-9H2,(H,24,26)/t12-,13+. The van der Waals surface area contributed by atoms with Crippen LogP contribution in [-0.2, 0) is 19.1 Å². The molecule has 0 atom stereocenters. The van der Waals surface area contributed by atoms with Crippen LogP contribution in [-0.4, -0.2) is 67.6 Å². The molecule has 2 aliphatic rings. The molecule has 3 rings (SSSR count). The molecule has 1 aromatic carbocycles. The molecule has 1 aliphatic heterocycles. The van der Waals surface area contributed by atoms with Crippen LogP contribution in [0.2, 0.25) is 5.02 Å². The van der Waals surface area contributed by atoms with Gasteiger partial charge in [0.2, 0.25) is 5.91 Å². The van der Waals surface area contributed by atoms with E-state index in [1.54, 1.807) is 0 Å². The summed E-state index contributed by atoms with van der Waals surface area (Å²) in [6, 6.07) is 3.57. The van der Waals surface area contributed by atoms with Crippen molar-refractivity contribution in [2.45, 2.75) is 37.5 Å². The summed E-state index contributed by atoms with van der Waals surface area (Å²) < 4.78 is 63.7. The van der Waals surface area contributed by atoms with Crippen LogP contribution in [0, 0.1) is 5.82 Å². The average Bonchev–Trinajstić information content (AvgIpc) is 2.59. The maximum atomic E-state index is 13.3. The molecule has 0 bridgehead atoms. The Bertz CT molecular complexity index is 782. The van der Waals surface area contributed by atoms with Crippen LogP contribution in [0.5, 0.6) is 5.75 Å². The molecule has 1 saturated heterocycles. The van der Waals surface area contributed by atoms with Crippen molar-refractivity contribution in [2.24, 2.45) is 0 Å². The molecular weight excluding hydrogens is 436 g/mol. The lowest BCUT2D eigenvalue weighted by atomic mass is 9.92. The first-order valence-corrected chi connectivity index (χ1v) is 9.48. The van der Waals surface area contributed by atoms with Crippen LogP contribution in [0.3, 0.4) is 0 Å². The number of alkyl halides is 3. The highest BCUT2D eigenvalue weighted by atomic mass is 35.5. The molecule has 1 N–H and O–H groups in total. The number of hydrogen-bond donors (Lipinski definition) is 1. The Morgan fingerprint density at radius 1 is 1.17 bits per heavy atom. The maximum absolute atomic E-state index is 13.3. The topological polar surface area (TPSA) is 77.1 Å². The quantitative estimate of drug-likeness (QED) is 0.610. The molecule has 0 radical (unpaired) electrons. The fourth-order valence-corrected chi connectivity index (χ4v) is 3.10. The first-order chi connectivity index (χ1) is 14.1. The van der Waals surface area contributed by atoms with Crippen molar-refractivity contribution in [2.75, 3.05) is 26.3 Å². The smallest absolute Gasteiger partial charge is 0.484 e. The number of nitrogens with one attached hydrogen (secondary N) is 1. The molecule has 0 unspecified atom stereocenters. The molecule has 166 valence electrons. The van der Waals surface area contributed by atoms with E-state index in [2.05, 4.69) is 10.1 Å². The minimum atomic E-state index is -4.67. The summed E-state index contributed by atoms with van der Waals surface area (Å²) in [5.74, 6) is -1.24. The van der Waals surface area contributed by atoms with Gasteiger partial charge in [0.05, 0.1) is 23.3 Å². The first kappa shape index (κ1) is 22.6. The SMILES string of the molecule is O=C(COc1ccc(Cl)c(F)c1)NC1CN(C(=O)CO[C@H]2C[C@@H](OC(F)(F)F)C2)C1. The summed E-state index contributed by atoms with van der Waals surface area (Å²) >= 11 is 5.56. The van der Waals surface area contributed by atoms with Crippen LogP contribution in [0.4, 0.5) is 17.6 Å². The maximum Gasteiger partial charge on any atom is 0.522 e. The van der Waals surface area contributed by atoms with E-state index in [-0.39, 0.29) is 61.9 Å². The molecule has 1 heterocycles. The number of ether oxygens (including phenoxy) is 3. The Hall–Kier alpha value is -2.11. The normalized spacial score (nSPS) is 21.6. The molecule has 2 fully saturated rings. The van der Waals surface area contributed by atoms with Gasteiger partial charge in [0.1, 0.15) is 18.2 Å². The number of rotatable bonds is 8. The van der Waals surface area contributed by atoms with Gasteiger partial charge in [-0.25, -0.2) is 4.39 Å². The lowest BCUT2D eigenvalue weighted by molar-refractivity contribution is -0.357. The predicted molar refractivity (Wildman–Crippen MR) is 95.3 cm³/mol. The van der Waals surface area contributed by atoms with Crippen molar-refractivity contribution in [3.63, 3.8) is 0 Å². The number of carbonyl (C=O) groups is 2. The molecular formula is C18H19ClF4N2O5. The minimum absolute atomic E-state index is 0.0539. The number of halogens is 5. The average molecular weight is 455 g/mol. The third-order valence-electron chi connectivity index (χ3n) is 4.65. The molecule has 1 aromatic rings. The zero-order valence-corrected chi connectivity index (χ0v) is 16.3. The van der Waals surface area contributed by atoms with Gasteiger partial charge < -0.3 is 19.7 Å². The molecule has 12 heteroatoms. The van der Waals surface area contributed by atoms with Crippen molar-refractivity contribution < 1.29 is 41.4 Å². The molecule has 30 heavy (non-hydrogen) atoms. The molecule has 2 amide bonds. The second kappa shape index (κ2) is 9.36. The lowest BCUT2D eigenvalue weighted by Crippen LogP contribution is -2.62. The summed E-state index contributed by atoms with van der Waals surface area (Å²) in [4.78, 5) is 25.3. The molecule has 0 spiro atoms. The van der Waals surface area contributed by atoms with Gasteiger partial charge in [0.15, 0.2) is 6.61 Å². The van der Waals surface area contributed by atoms with E-state index in [1.165, 1.54) is 17.0 Å². The Kier molecular flexibility index (Phi) is 7.04. The number of nitrogens with zero attached hydrogens (tertiary/aromatic N) is 1. The van der Waals surface area contributed by atoms with Crippen LogP contribution < -0.4 is 10.1 Å². The summed E-state index contributed by atoms with van der Waals surface area (Å²) in [5, 5.41) is 2.62. The van der Waals surface area contributed by atoms with E-state index in [4.69, 9.17) is 21.1 Å². The van der Waals surface area contributed by atoms with E-state index < -0.39 is 30.3 Å².